The number of carbonyl (C=O) groups is 2. The van der Waals surface area contributed by atoms with Crippen LogP contribution in [0.1, 0.15) is 25.8 Å². The van der Waals surface area contributed by atoms with Gasteiger partial charge in [0.1, 0.15) is 12.4 Å². The fourth-order valence-electron chi connectivity index (χ4n) is 3.23. The zero-order chi connectivity index (χ0) is 22.8. The summed E-state index contributed by atoms with van der Waals surface area (Å²) >= 11 is 0. The molecule has 3 heterocycles. The summed E-state index contributed by atoms with van der Waals surface area (Å²) in [7, 11) is 0. The number of carbonyl (C=O) groups excluding carboxylic acids is 2. The molecular formula is C19H20F4N6O2. The first kappa shape index (κ1) is 22.4. The Kier molecular flexibility index (Phi) is 6.37. The third-order valence-corrected chi connectivity index (χ3v) is 5.06. The lowest BCUT2D eigenvalue weighted by Crippen LogP contribution is -2.43. The van der Waals surface area contributed by atoms with Gasteiger partial charge in [0.25, 0.3) is 0 Å². The second-order valence-electron chi connectivity index (χ2n) is 7.15. The van der Waals surface area contributed by atoms with Crippen molar-refractivity contribution in [2.75, 3.05) is 23.3 Å². The van der Waals surface area contributed by atoms with E-state index in [0.717, 1.165) is 24.7 Å². The molecule has 1 N–H and O–H groups in total. The predicted octanol–water partition coefficient (Wildman–Crippen LogP) is 3.32. The fourth-order valence-corrected chi connectivity index (χ4v) is 3.23. The first-order valence-corrected chi connectivity index (χ1v) is 9.49. The number of hydrogen-bond donors (Lipinski definition) is 1. The van der Waals surface area contributed by atoms with E-state index in [1.54, 1.807) is 0 Å². The summed E-state index contributed by atoms with van der Waals surface area (Å²) in [6, 6.07) is 0.587. The van der Waals surface area contributed by atoms with Crippen LogP contribution in [0, 0.1) is 11.7 Å². The van der Waals surface area contributed by atoms with Crippen LogP contribution in [0.25, 0.3) is 0 Å². The zero-order valence-corrected chi connectivity index (χ0v) is 16.7. The number of halogens is 4. The molecule has 0 saturated carbocycles. The summed E-state index contributed by atoms with van der Waals surface area (Å²) < 4.78 is 51.7. The second-order valence-corrected chi connectivity index (χ2v) is 7.15. The van der Waals surface area contributed by atoms with Crippen LogP contribution in [-0.2, 0) is 11.0 Å². The Morgan fingerprint density at radius 1 is 1.29 bits per heavy atom. The van der Waals surface area contributed by atoms with E-state index in [1.807, 2.05) is 13.8 Å². The number of nitrogens with one attached hydrogen (secondary N) is 1. The summed E-state index contributed by atoms with van der Waals surface area (Å²) in [4.78, 5) is 39.3. The molecule has 1 saturated heterocycles. The smallest absolute Gasteiger partial charge is 0.310 e. The molecule has 0 spiro atoms. The number of rotatable bonds is 6. The molecule has 2 aromatic rings. The summed E-state index contributed by atoms with van der Waals surface area (Å²) in [5.41, 5.74) is -0.952. The SMILES string of the molecule is CC[C@H](C)[C@H]1CN(c2ncc(F)cn2)C(=O)N1CC(=O)Nc1cc(C(F)(F)F)ccn1. The van der Waals surface area contributed by atoms with Gasteiger partial charge in [0.2, 0.25) is 11.9 Å². The van der Waals surface area contributed by atoms with Crippen LogP contribution in [0.5, 0.6) is 0 Å². The van der Waals surface area contributed by atoms with Crippen LogP contribution in [0.4, 0.5) is 34.1 Å². The fraction of sp³-hybridized carbons (Fsp3) is 0.421. The minimum absolute atomic E-state index is 0.00200. The minimum Gasteiger partial charge on any atom is -0.310 e. The molecule has 8 nitrogen and oxygen atoms in total. The summed E-state index contributed by atoms with van der Waals surface area (Å²) in [6.45, 7) is 3.63. The summed E-state index contributed by atoms with van der Waals surface area (Å²) in [6.07, 6.45) is -1.06. The van der Waals surface area contributed by atoms with E-state index in [0.29, 0.717) is 12.5 Å². The van der Waals surface area contributed by atoms with Crippen molar-refractivity contribution in [3.8, 4) is 0 Å². The predicted molar refractivity (Wildman–Crippen MR) is 103 cm³/mol. The van der Waals surface area contributed by atoms with Crippen molar-refractivity contribution < 1.29 is 27.2 Å². The molecule has 3 rings (SSSR count). The highest BCUT2D eigenvalue weighted by molar-refractivity contribution is 5.98. The Morgan fingerprint density at radius 3 is 2.58 bits per heavy atom. The first-order valence-electron chi connectivity index (χ1n) is 9.49. The molecule has 0 radical (unpaired) electrons. The molecule has 0 aromatic carbocycles. The molecule has 0 unspecified atom stereocenters. The van der Waals surface area contributed by atoms with Crippen molar-refractivity contribution in [3.63, 3.8) is 0 Å². The normalized spacial score (nSPS) is 17.7. The lowest BCUT2D eigenvalue weighted by atomic mass is 9.99. The van der Waals surface area contributed by atoms with Crippen LogP contribution < -0.4 is 10.2 Å². The number of amides is 3. The lowest BCUT2D eigenvalue weighted by molar-refractivity contribution is -0.137. The summed E-state index contributed by atoms with van der Waals surface area (Å²) in [5.74, 6) is -1.62. The van der Waals surface area contributed by atoms with Gasteiger partial charge in [0.15, 0.2) is 5.82 Å². The molecule has 0 aliphatic carbocycles. The number of urea groups is 1. The number of alkyl halides is 3. The highest BCUT2D eigenvalue weighted by Crippen LogP contribution is 2.30. The Morgan fingerprint density at radius 2 is 1.97 bits per heavy atom. The maximum Gasteiger partial charge on any atom is 0.416 e. The van der Waals surface area contributed by atoms with E-state index in [4.69, 9.17) is 0 Å². The molecule has 166 valence electrons. The van der Waals surface area contributed by atoms with Gasteiger partial charge in [-0.15, -0.1) is 0 Å². The van der Waals surface area contributed by atoms with Crippen LogP contribution >= 0.6 is 0 Å². The third kappa shape index (κ3) is 5.06. The molecular weight excluding hydrogens is 420 g/mol. The maximum atomic E-state index is 13.1. The highest BCUT2D eigenvalue weighted by Gasteiger charge is 2.42. The quantitative estimate of drug-likeness (QED) is 0.696. The number of anilines is 2. The van der Waals surface area contributed by atoms with Gasteiger partial charge in [0.05, 0.1) is 30.5 Å². The molecule has 1 aliphatic rings. The number of nitrogens with zero attached hydrogens (tertiary/aromatic N) is 5. The number of pyridine rings is 1. The molecule has 2 atom stereocenters. The van der Waals surface area contributed by atoms with E-state index in [1.165, 1.54) is 9.80 Å². The topological polar surface area (TPSA) is 91.3 Å². The Balaban J connectivity index is 1.76. The number of hydrogen-bond acceptors (Lipinski definition) is 5. The van der Waals surface area contributed by atoms with E-state index in [-0.39, 0.29) is 30.3 Å². The van der Waals surface area contributed by atoms with Crippen molar-refractivity contribution in [1.29, 1.82) is 0 Å². The van der Waals surface area contributed by atoms with Crippen LogP contribution in [-0.4, -0.2) is 50.9 Å². The standard InChI is InChI=1S/C19H20F4N6O2/c1-3-11(2)14-9-29(17-25-7-13(20)8-26-17)18(31)28(14)10-16(30)27-15-6-12(4-5-24-15)19(21,22)23/h4-8,11,14H,3,9-10H2,1-2H3,(H,24,27,30)/t11-,14+/m0/s1. The first-order chi connectivity index (χ1) is 14.6. The molecule has 1 fully saturated rings. The van der Waals surface area contributed by atoms with E-state index in [9.17, 15) is 27.2 Å². The lowest BCUT2D eigenvalue weighted by Gasteiger charge is -2.26. The average Bonchev–Trinajstić information content (AvgIpc) is 3.04. The Bertz CT molecular complexity index is 953. The second kappa shape index (κ2) is 8.82. The Hall–Kier alpha value is -3.31. The van der Waals surface area contributed by atoms with Crippen molar-refractivity contribution in [3.05, 3.63) is 42.1 Å². The van der Waals surface area contributed by atoms with Crippen molar-refractivity contribution in [2.45, 2.75) is 32.5 Å². The van der Waals surface area contributed by atoms with Gasteiger partial charge in [-0.05, 0) is 18.1 Å². The van der Waals surface area contributed by atoms with Crippen molar-refractivity contribution in [2.24, 2.45) is 5.92 Å². The van der Waals surface area contributed by atoms with Gasteiger partial charge >= 0.3 is 12.2 Å². The maximum absolute atomic E-state index is 13.1. The molecule has 0 bridgehead atoms. The molecule has 2 aromatic heterocycles. The summed E-state index contributed by atoms with van der Waals surface area (Å²) in [5, 5.41) is 2.30. The molecule has 12 heteroatoms. The van der Waals surface area contributed by atoms with Gasteiger partial charge in [-0.2, -0.15) is 13.2 Å². The van der Waals surface area contributed by atoms with Crippen LogP contribution in [0.3, 0.4) is 0 Å². The minimum atomic E-state index is -4.58. The van der Waals surface area contributed by atoms with E-state index < -0.39 is 36.0 Å². The van der Waals surface area contributed by atoms with Crippen LogP contribution in [0.2, 0.25) is 0 Å². The molecule has 1 aliphatic heterocycles. The number of aromatic nitrogens is 3. The van der Waals surface area contributed by atoms with Gasteiger partial charge < -0.3 is 10.2 Å². The Labute approximate surface area is 175 Å². The zero-order valence-electron chi connectivity index (χ0n) is 16.7. The van der Waals surface area contributed by atoms with Crippen LogP contribution in [0.15, 0.2) is 30.7 Å². The van der Waals surface area contributed by atoms with E-state index in [2.05, 4.69) is 20.3 Å². The largest absolute Gasteiger partial charge is 0.416 e. The highest BCUT2D eigenvalue weighted by atomic mass is 19.4. The van der Waals surface area contributed by atoms with Crippen molar-refractivity contribution >= 4 is 23.7 Å². The van der Waals surface area contributed by atoms with Crippen molar-refractivity contribution in [1.82, 2.24) is 19.9 Å². The molecule has 3 amide bonds. The van der Waals surface area contributed by atoms with Gasteiger partial charge in [-0.1, -0.05) is 20.3 Å². The van der Waals surface area contributed by atoms with E-state index >= 15 is 0 Å². The average molecular weight is 440 g/mol. The van der Waals surface area contributed by atoms with Gasteiger partial charge in [0, 0.05) is 6.20 Å². The monoisotopic (exact) mass is 440 g/mol. The molecule has 31 heavy (non-hydrogen) atoms. The third-order valence-electron chi connectivity index (χ3n) is 5.06. The van der Waals surface area contributed by atoms with Gasteiger partial charge in [-0.3, -0.25) is 9.69 Å². The van der Waals surface area contributed by atoms with Gasteiger partial charge in [-0.25, -0.2) is 24.1 Å².